The van der Waals surface area contributed by atoms with Gasteiger partial charge < -0.3 is 10.3 Å². The van der Waals surface area contributed by atoms with Gasteiger partial charge in [0.1, 0.15) is 11.6 Å². The molecule has 0 bridgehead atoms. The summed E-state index contributed by atoms with van der Waals surface area (Å²) in [6, 6.07) is 5.44. The number of aryl methyl sites for hydroxylation is 1. The van der Waals surface area contributed by atoms with Crippen molar-refractivity contribution in [1.29, 1.82) is 0 Å². The molecule has 3 heterocycles. The smallest absolute Gasteiger partial charge is 0.251 e. The standard InChI is InChI=1S/C19H25N5O3S/c1-2-14-11-18(25)23-19(22-14)13-3-6-17(20-12-13)21-15-7-9-24(10-8-15)28(26,27)16-4-5-16/h3,6,11-12,15-16H,2,4-5,7-10H2,1H3,(H,20,21)(H,22,23,25). The summed E-state index contributed by atoms with van der Waals surface area (Å²) >= 11 is 0. The molecule has 4 rings (SSSR count). The van der Waals surface area contributed by atoms with Crippen LogP contribution in [0, 0.1) is 0 Å². The number of piperidine rings is 1. The lowest BCUT2D eigenvalue weighted by Gasteiger charge is -2.31. The second-order valence-electron chi connectivity index (χ2n) is 7.43. The molecular weight excluding hydrogens is 378 g/mol. The van der Waals surface area contributed by atoms with E-state index in [1.54, 1.807) is 10.5 Å². The zero-order valence-corrected chi connectivity index (χ0v) is 16.7. The van der Waals surface area contributed by atoms with Gasteiger partial charge in [0.25, 0.3) is 5.56 Å². The Bertz CT molecular complexity index is 991. The summed E-state index contributed by atoms with van der Waals surface area (Å²) in [5, 5.41) is 3.24. The van der Waals surface area contributed by atoms with Crippen LogP contribution < -0.4 is 10.9 Å². The molecular formula is C19H25N5O3S. The minimum atomic E-state index is -3.08. The molecule has 9 heteroatoms. The second-order valence-corrected chi connectivity index (χ2v) is 9.65. The third kappa shape index (κ3) is 4.10. The summed E-state index contributed by atoms with van der Waals surface area (Å²) in [4.78, 5) is 23.4. The number of rotatable bonds is 6. The van der Waals surface area contributed by atoms with E-state index >= 15 is 0 Å². The largest absolute Gasteiger partial charge is 0.367 e. The highest BCUT2D eigenvalue weighted by atomic mass is 32.2. The third-order valence-electron chi connectivity index (χ3n) is 5.31. The highest BCUT2D eigenvalue weighted by molar-refractivity contribution is 7.90. The normalized spacial score (nSPS) is 18.9. The molecule has 2 N–H and O–H groups in total. The molecule has 0 amide bonds. The Morgan fingerprint density at radius 2 is 1.96 bits per heavy atom. The van der Waals surface area contributed by atoms with Crippen LogP contribution in [0.1, 0.15) is 38.3 Å². The van der Waals surface area contributed by atoms with E-state index in [1.807, 2.05) is 19.1 Å². The van der Waals surface area contributed by atoms with Crippen LogP contribution in [-0.2, 0) is 16.4 Å². The van der Waals surface area contributed by atoms with Crippen LogP contribution in [0.5, 0.6) is 0 Å². The van der Waals surface area contributed by atoms with E-state index < -0.39 is 10.0 Å². The molecule has 2 fully saturated rings. The Labute approximate surface area is 164 Å². The lowest BCUT2D eigenvalue weighted by Crippen LogP contribution is -2.43. The number of hydrogen-bond acceptors (Lipinski definition) is 6. The van der Waals surface area contributed by atoms with Crippen molar-refractivity contribution in [2.75, 3.05) is 18.4 Å². The highest BCUT2D eigenvalue weighted by Crippen LogP contribution is 2.32. The molecule has 1 aliphatic carbocycles. The van der Waals surface area contributed by atoms with Gasteiger partial charge in [-0.05, 0) is 44.2 Å². The number of pyridine rings is 1. The topological polar surface area (TPSA) is 108 Å². The Morgan fingerprint density at radius 3 is 2.57 bits per heavy atom. The van der Waals surface area contributed by atoms with Gasteiger partial charge in [0, 0.05) is 42.7 Å². The number of nitrogens with one attached hydrogen (secondary N) is 2. The molecule has 1 saturated carbocycles. The van der Waals surface area contributed by atoms with Gasteiger partial charge >= 0.3 is 0 Å². The molecule has 0 aromatic carbocycles. The zero-order valence-electron chi connectivity index (χ0n) is 15.9. The Balaban J connectivity index is 1.38. The number of aromatic amines is 1. The van der Waals surface area contributed by atoms with Crippen molar-refractivity contribution in [1.82, 2.24) is 19.3 Å². The maximum atomic E-state index is 12.3. The number of H-pyrrole nitrogens is 1. The fourth-order valence-electron chi connectivity index (χ4n) is 3.49. The average molecular weight is 404 g/mol. The first-order chi connectivity index (χ1) is 13.5. The van der Waals surface area contributed by atoms with E-state index in [0.717, 1.165) is 42.8 Å². The molecule has 1 saturated heterocycles. The van der Waals surface area contributed by atoms with Gasteiger partial charge in [-0.1, -0.05) is 6.92 Å². The van der Waals surface area contributed by atoms with Gasteiger partial charge in [-0.3, -0.25) is 4.79 Å². The summed E-state index contributed by atoms with van der Waals surface area (Å²) in [6.45, 7) is 3.07. The zero-order chi connectivity index (χ0) is 19.7. The van der Waals surface area contributed by atoms with Gasteiger partial charge in [0.05, 0.1) is 5.25 Å². The van der Waals surface area contributed by atoms with Crippen LogP contribution in [0.2, 0.25) is 0 Å². The van der Waals surface area contributed by atoms with Gasteiger partial charge in [0.2, 0.25) is 10.0 Å². The van der Waals surface area contributed by atoms with E-state index in [4.69, 9.17) is 0 Å². The molecule has 0 atom stereocenters. The number of anilines is 1. The minimum absolute atomic E-state index is 0.141. The lowest BCUT2D eigenvalue weighted by atomic mass is 10.1. The molecule has 2 aliphatic rings. The molecule has 0 unspecified atom stereocenters. The first-order valence-electron chi connectivity index (χ1n) is 9.78. The van der Waals surface area contributed by atoms with Crippen LogP contribution in [0.15, 0.2) is 29.2 Å². The van der Waals surface area contributed by atoms with Crippen molar-refractivity contribution >= 4 is 15.8 Å². The van der Waals surface area contributed by atoms with E-state index in [0.29, 0.717) is 25.3 Å². The predicted molar refractivity (Wildman–Crippen MR) is 108 cm³/mol. The number of aromatic nitrogens is 3. The van der Waals surface area contributed by atoms with Gasteiger partial charge in [-0.15, -0.1) is 0 Å². The minimum Gasteiger partial charge on any atom is -0.367 e. The van der Waals surface area contributed by atoms with Crippen molar-refractivity contribution in [3.8, 4) is 11.4 Å². The Morgan fingerprint density at radius 1 is 1.21 bits per heavy atom. The van der Waals surface area contributed by atoms with E-state index in [9.17, 15) is 13.2 Å². The SMILES string of the molecule is CCc1cc(=O)[nH]c(-c2ccc(NC3CCN(S(=O)(=O)C4CC4)CC3)nc2)n1. The maximum Gasteiger partial charge on any atom is 0.251 e. The Kier molecular flexibility index (Phi) is 5.20. The van der Waals surface area contributed by atoms with Crippen molar-refractivity contribution in [2.24, 2.45) is 0 Å². The average Bonchev–Trinajstić information content (AvgIpc) is 3.54. The molecule has 28 heavy (non-hydrogen) atoms. The summed E-state index contributed by atoms with van der Waals surface area (Å²) in [6.07, 6.45) is 5.52. The van der Waals surface area contributed by atoms with Crippen LogP contribution in [0.3, 0.4) is 0 Å². The quantitative estimate of drug-likeness (QED) is 0.761. The van der Waals surface area contributed by atoms with Crippen LogP contribution in [0.25, 0.3) is 11.4 Å². The first-order valence-corrected chi connectivity index (χ1v) is 11.3. The van der Waals surface area contributed by atoms with E-state index in [1.165, 1.54) is 6.07 Å². The van der Waals surface area contributed by atoms with Crippen molar-refractivity contribution in [3.63, 3.8) is 0 Å². The van der Waals surface area contributed by atoms with Crippen molar-refractivity contribution in [3.05, 3.63) is 40.4 Å². The number of nitrogens with zero attached hydrogens (tertiary/aromatic N) is 3. The van der Waals surface area contributed by atoms with Gasteiger partial charge in [0.15, 0.2) is 0 Å². The van der Waals surface area contributed by atoms with E-state index in [-0.39, 0.29) is 16.9 Å². The highest BCUT2D eigenvalue weighted by Gasteiger charge is 2.41. The monoisotopic (exact) mass is 403 g/mol. The molecule has 150 valence electrons. The fourth-order valence-corrected chi connectivity index (χ4v) is 5.36. The van der Waals surface area contributed by atoms with Crippen LogP contribution in [0.4, 0.5) is 5.82 Å². The third-order valence-corrected chi connectivity index (χ3v) is 7.70. The van der Waals surface area contributed by atoms with Gasteiger partial charge in [-0.25, -0.2) is 22.7 Å². The molecule has 0 radical (unpaired) electrons. The molecule has 0 spiro atoms. The maximum absolute atomic E-state index is 12.3. The van der Waals surface area contributed by atoms with Gasteiger partial charge in [-0.2, -0.15) is 0 Å². The summed E-state index contributed by atoms with van der Waals surface area (Å²) in [7, 11) is -3.08. The Hall–Kier alpha value is -2.26. The first kappa shape index (κ1) is 19.1. The lowest BCUT2D eigenvalue weighted by molar-refractivity contribution is 0.329. The molecule has 1 aliphatic heterocycles. The summed E-state index contributed by atoms with van der Waals surface area (Å²) < 4.78 is 26.3. The number of hydrogen-bond donors (Lipinski definition) is 2. The predicted octanol–water partition coefficient (Wildman–Crippen LogP) is 1.76. The second kappa shape index (κ2) is 7.63. The van der Waals surface area contributed by atoms with E-state index in [2.05, 4.69) is 20.3 Å². The molecule has 8 nitrogen and oxygen atoms in total. The molecule has 2 aromatic heterocycles. The van der Waals surface area contributed by atoms with Crippen molar-refractivity contribution in [2.45, 2.75) is 50.3 Å². The molecule has 2 aromatic rings. The van der Waals surface area contributed by atoms with Crippen LogP contribution in [-0.4, -0.2) is 52.1 Å². The van der Waals surface area contributed by atoms with Crippen molar-refractivity contribution < 1.29 is 8.42 Å². The fraction of sp³-hybridized carbons (Fsp3) is 0.526. The summed E-state index contributed by atoms with van der Waals surface area (Å²) in [5.74, 6) is 1.25. The summed E-state index contributed by atoms with van der Waals surface area (Å²) in [5.41, 5.74) is 1.33. The number of sulfonamides is 1. The van der Waals surface area contributed by atoms with Crippen LogP contribution >= 0.6 is 0 Å².